The maximum atomic E-state index is 13.7. The van der Waals surface area contributed by atoms with Crippen molar-refractivity contribution in [1.29, 1.82) is 10.7 Å². The number of hydrogen-bond acceptors (Lipinski definition) is 7. The highest BCUT2D eigenvalue weighted by atomic mass is 19.4. The first-order chi connectivity index (χ1) is 15.7. The van der Waals surface area contributed by atoms with Crippen LogP contribution in [-0.4, -0.2) is 53.7 Å². The Labute approximate surface area is 189 Å². The molecule has 8 nitrogen and oxygen atoms in total. The Kier molecular flexibility index (Phi) is 5.01. The highest BCUT2D eigenvalue weighted by Gasteiger charge is 2.83. The second-order valence-electron chi connectivity index (χ2n) is 8.68. The number of rotatable bonds is 4. The van der Waals surface area contributed by atoms with Gasteiger partial charge in [-0.15, -0.1) is 0 Å². The van der Waals surface area contributed by atoms with Gasteiger partial charge in [-0.1, -0.05) is 0 Å². The topological polar surface area (TPSA) is 116 Å². The van der Waals surface area contributed by atoms with Gasteiger partial charge in [0.25, 0.3) is 5.91 Å². The molecule has 1 aromatic rings. The van der Waals surface area contributed by atoms with Crippen LogP contribution in [0.5, 0.6) is 0 Å². The van der Waals surface area contributed by atoms with Gasteiger partial charge in [-0.25, -0.2) is 4.90 Å². The van der Waals surface area contributed by atoms with Gasteiger partial charge in [0.1, 0.15) is 17.6 Å². The summed E-state index contributed by atoms with van der Waals surface area (Å²) in [5.41, 5.74) is -8.82. The van der Waals surface area contributed by atoms with Crippen LogP contribution in [0.25, 0.3) is 0 Å². The zero-order valence-electron chi connectivity index (χ0n) is 17.7. The molecule has 2 bridgehead atoms. The summed E-state index contributed by atoms with van der Waals surface area (Å²) in [5, 5.41) is 17.2. The predicted octanol–water partition coefficient (Wildman–Crippen LogP) is 3.08. The number of carbonyl (C=O) groups is 2. The molecule has 0 spiro atoms. The summed E-state index contributed by atoms with van der Waals surface area (Å²) in [6, 6.07) is 3.71. The van der Waals surface area contributed by atoms with Gasteiger partial charge in [0, 0.05) is 12.1 Å². The van der Waals surface area contributed by atoms with Crippen LogP contribution in [0.2, 0.25) is 0 Å². The third-order valence-corrected chi connectivity index (χ3v) is 6.76. The minimum absolute atomic E-state index is 0.348. The molecule has 5 atom stereocenters. The van der Waals surface area contributed by atoms with Crippen molar-refractivity contribution in [2.24, 2.45) is 10.9 Å². The third-order valence-electron chi connectivity index (χ3n) is 6.76. The second-order valence-corrected chi connectivity index (χ2v) is 8.68. The number of aliphatic imine (C=N–C) groups is 1. The lowest BCUT2D eigenvalue weighted by Crippen LogP contribution is -2.65. The van der Waals surface area contributed by atoms with Crippen molar-refractivity contribution in [3.63, 3.8) is 0 Å². The van der Waals surface area contributed by atoms with Crippen LogP contribution < -0.4 is 4.90 Å². The number of ether oxygens (including phenoxy) is 2. The summed E-state index contributed by atoms with van der Waals surface area (Å²) in [6.07, 6.45) is -7.10. The predicted molar refractivity (Wildman–Crippen MR) is 106 cm³/mol. The molecule has 0 aromatic heterocycles. The number of nitriles is 1. The lowest BCUT2D eigenvalue weighted by Gasteiger charge is -2.45. The van der Waals surface area contributed by atoms with Gasteiger partial charge in [-0.2, -0.15) is 27.2 Å². The number of alkyl halides is 5. The van der Waals surface area contributed by atoms with E-state index in [9.17, 15) is 31.5 Å². The monoisotopic (exact) mass is 484 g/mol. The molecule has 3 aliphatic heterocycles. The lowest BCUT2D eigenvalue weighted by atomic mass is 9.71. The Bertz CT molecular complexity index is 1180. The van der Waals surface area contributed by atoms with E-state index in [1.165, 1.54) is 19.9 Å². The van der Waals surface area contributed by atoms with Crippen LogP contribution in [0.1, 0.15) is 31.4 Å². The van der Waals surface area contributed by atoms with Crippen LogP contribution in [-0.2, 0) is 25.2 Å². The average molecular weight is 484 g/mol. The number of halogens is 5. The van der Waals surface area contributed by atoms with Crippen LogP contribution in [0.3, 0.4) is 0 Å². The zero-order valence-corrected chi connectivity index (χ0v) is 17.7. The smallest absolute Gasteiger partial charge is 0.361 e. The van der Waals surface area contributed by atoms with Gasteiger partial charge in [-0.3, -0.25) is 14.6 Å². The Balaban J connectivity index is 1.91. The fourth-order valence-electron chi connectivity index (χ4n) is 5.60. The van der Waals surface area contributed by atoms with Crippen molar-refractivity contribution in [3.05, 3.63) is 29.3 Å². The van der Waals surface area contributed by atoms with Gasteiger partial charge >= 0.3 is 12.8 Å². The Morgan fingerprint density at radius 1 is 1.35 bits per heavy atom. The molecular formula is C21H17F5N4O4. The molecule has 13 heteroatoms. The van der Waals surface area contributed by atoms with E-state index in [4.69, 9.17) is 15.4 Å². The van der Waals surface area contributed by atoms with E-state index < -0.39 is 70.2 Å². The summed E-state index contributed by atoms with van der Waals surface area (Å²) in [4.78, 5) is 31.6. The van der Waals surface area contributed by atoms with E-state index in [1.807, 2.05) is 0 Å². The summed E-state index contributed by atoms with van der Waals surface area (Å²) in [7, 11) is 0. The molecule has 180 valence electrons. The quantitative estimate of drug-likeness (QED) is 0.401. The average Bonchev–Trinajstić information content (AvgIpc) is 3.07. The molecule has 2 amide bonds. The van der Waals surface area contributed by atoms with Crippen LogP contribution in [0.4, 0.5) is 27.6 Å². The van der Waals surface area contributed by atoms with E-state index in [0.717, 1.165) is 12.1 Å². The van der Waals surface area contributed by atoms with Crippen molar-refractivity contribution in [3.8, 4) is 6.07 Å². The number of fused-ring (bicyclic) bond motifs is 5. The molecule has 3 fully saturated rings. The molecule has 0 aliphatic carbocycles. The van der Waals surface area contributed by atoms with Crippen molar-refractivity contribution in [2.45, 2.75) is 55.9 Å². The first-order valence-corrected chi connectivity index (χ1v) is 9.86. The van der Waals surface area contributed by atoms with E-state index in [2.05, 4.69) is 16.4 Å². The Hall–Kier alpha value is -3.24. The Morgan fingerprint density at radius 2 is 2.00 bits per heavy atom. The summed E-state index contributed by atoms with van der Waals surface area (Å²) >= 11 is 0. The number of imide groups is 1. The number of benzene rings is 1. The summed E-state index contributed by atoms with van der Waals surface area (Å²) in [5.74, 6) is -3.63. The van der Waals surface area contributed by atoms with Crippen LogP contribution >= 0.6 is 0 Å². The molecule has 4 rings (SSSR count). The second kappa shape index (κ2) is 7.13. The molecular weight excluding hydrogens is 467 g/mol. The SMILES string of the molecule is C=N[C@@]12C(=O)N(c3ccc(C#N)c(C(F)(F)F)c3)C(=O)C1C1(C)CC(=N)[C@H](OC(F)F)C2(C)O1. The van der Waals surface area contributed by atoms with Crippen LogP contribution in [0, 0.1) is 22.7 Å². The van der Waals surface area contributed by atoms with Crippen molar-refractivity contribution >= 4 is 29.9 Å². The number of hydrogen-bond donors (Lipinski definition) is 1. The number of nitrogens with one attached hydrogen (secondary N) is 1. The maximum absolute atomic E-state index is 13.7. The number of amides is 2. The molecule has 34 heavy (non-hydrogen) atoms. The van der Waals surface area contributed by atoms with Gasteiger partial charge in [0.15, 0.2) is 5.54 Å². The van der Waals surface area contributed by atoms with Gasteiger partial charge in [0.2, 0.25) is 5.91 Å². The highest BCUT2D eigenvalue weighted by molar-refractivity contribution is 6.28. The highest BCUT2D eigenvalue weighted by Crippen LogP contribution is 2.62. The van der Waals surface area contributed by atoms with E-state index in [-0.39, 0.29) is 12.1 Å². The van der Waals surface area contributed by atoms with Crippen molar-refractivity contribution in [1.82, 2.24) is 0 Å². The van der Waals surface area contributed by atoms with Crippen molar-refractivity contribution in [2.75, 3.05) is 4.90 Å². The van der Waals surface area contributed by atoms with Gasteiger partial charge in [0.05, 0.1) is 28.5 Å². The largest absolute Gasteiger partial charge is 0.417 e. The minimum Gasteiger partial charge on any atom is -0.361 e. The molecule has 3 saturated heterocycles. The zero-order chi connectivity index (χ0) is 25.4. The number of carbonyl (C=O) groups excluding carboxylic acids is 2. The Morgan fingerprint density at radius 3 is 2.53 bits per heavy atom. The third kappa shape index (κ3) is 2.81. The molecule has 1 N–H and O–H groups in total. The van der Waals surface area contributed by atoms with Crippen LogP contribution in [0.15, 0.2) is 23.2 Å². The normalized spacial score (nSPS) is 35.0. The van der Waals surface area contributed by atoms with E-state index >= 15 is 0 Å². The lowest BCUT2D eigenvalue weighted by molar-refractivity contribution is -0.226. The van der Waals surface area contributed by atoms with Crippen molar-refractivity contribution < 1.29 is 41.0 Å². The molecule has 3 unspecified atom stereocenters. The molecule has 3 heterocycles. The molecule has 0 radical (unpaired) electrons. The summed E-state index contributed by atoms with van der Waals surface area (Å²) < 4.78 is 77.4. The minimum atomic E-state index is -4.96. The molecule has 3 aliphatic rings. The number of nitrogens with zero attached hydrogens (tertiary/aromatic N) is 3. The maximum Gasteiger partial charge on any atom is 0.417 e. The van der Waals surface area contributed by atoms with Gasteiger partial charge < -0.3 is 14.9 Å². The standard InChI is InChI=1S/C21H17F5N4O4/c1-18-7-12(28)14(33-17(22)23)19(2,34-18)20(29-3)13(18)15(31)30(16(20)32)10-5-4-9(8-27)11(6-10)21(24,25)26/h4-6,13-14,17,28H,3,7H2,1-2H3/t13?,14-,18?,19?,20+/m0/s1. The first kappa shape index (κ1) is 23.9. The van der Waals surface area contributed by atoms with E-state index in [0.29, 0.717) is 11.0 Å². The first-order valence-electron chi connectivity index (χ1n) is 9.86. The number of anilines is 1. The fraction of sp³-hybridized carbons (Fsp3) is 0.476. The summed E-state index contributed by atoms with van der Waals surface area (Å²) in [6.45, 7) is 2.61. The molecule has 0 saturated carbocycles. The fourth-order valence-corrected chi connectivity index (χ4v) is 5.60. The van der Waals surface area contributed by atoms with Gasteiger partial charge in [-0.05, 0) is 38.8 Å². The van der Waals surface area contributed by atoms with E-state index in [1.54, 1.807) is 0 Å². The molecule has 1 aromatic carbocycles.